The first-order chi connectivity index (χ1) is 38.5. The molecule has 5 aliphatic heterocycles. The molecule has 5 aliphatic rings. The fraction of sp³-hybridized carbons (Fsp3) is 0.421. The van der Waals surface area contributed by atoms with Gasteiger partial charge in [-0.1, -0.05) is 76.2 Å². The van der Waals surface area contributed by atoms with Crippen LogP contribution in [-0.2, 0) is 11.2 Å². The Morgan fingerprint density at radius 3 is 1.39 bits per heavy atom. The van der Waals surface area contributed by atoms with E-state index in [0.717, 1.165) is 103 Å². The summed E-state index contributed by atoms with van der Waals surface area (Å²) in [6.45, 7) is 16.5. The van der Waals surface area contributed by atoms with E-state index in [1.54, 1.807) is 12.1 Å². The molecule has 0 amide bonds. The molecular formula is C57H72Cl7FN8O6Sn. The molecule has 5 aromatic carbocycles. The molecule has 5 fully saturated rings. The van der Waals surface area contributed by atoms with Crippen LogP contribution in [0.25, 0.3) is 0 Å². The molecule has 5 heterocycles. The minimum absolute atomic E-state index is 0.0833. The Morgan fingerprint density at radius 2 is 0.963 bits per heavy atom. The molecule has 2 radical (unpaired) electrons. The molecule has 14 nitrogen and oxygen atoms in total. The van der Waals surface area contributed by atoms with Crippen molar-refractivity contribution >= 4 is 141 Å². The molecule has 5 saturated heterocycles. The zero-order valence-electron chi connectivity index (χ0n) is 45.1. The summed E-state index contributed by atoms with van der Waals surface area (Å²) in [5, 5.41) is 34.9. The first-order valence-corrected chi connectivity index (χ1v) is 35.5. The number of aldehydes is 1. The number of aliphatic hydroxyl groups is 1. The minimum atomic E-state index is -0.914. The number of aryl methyl sites for hydroxylation is 2. The van der Waals surface area contributed by atoms with Crippen molar-refractivity contribution < 1.29 is 24.1 Å². The molecule has 0 saturated carbocycles. The Kier molecular flexibility index (Phi) is 35.3. The van der Waals surface area contributed by atoms with Crippen LogP contribution in [0.5, 0.6) is 0 Å². The maximum absolute atomic E-state index is 12.6. The second-order valence-electron chi connectivity index (χ2n) is 18.6. The second-order valence-corrected chi connectivity index (χ2v) is 25.1. The van der Waals surface area contributed by atoms with E-state index in [0.29, 0.717) is 17.1 Å². The van der Waals surface area contributed by atoms with Crippen LogP contribution in [0.2, 0.25) is 25.1 Å². The van der Waals surface area contributed by atoms with Crippen LogP contribution in [0.1, 0.15) is 81.8 Å². The summed E-state index contributed by atoms with van der Waals surface area (Å²) in [7, 11) is 9.87. The number of nitrogens with zero attached hydrogens (tertiary/aromatic N) is 6. The van der Waals surface area contributed by atoms with Crippen LogP contribution in [0.15, 0.2) is 104 Å². The number of anilines is 5. The number of nitrogens with one attached hydrogen (secondary N) is 1. The van der Waals surface area contributed by atoms with Crippen molar-refractivity contribution in [1.82, 2.24) is 5.32 Å². The van der Waals surface area contributed by atoms with Gasteiger partial charge in [0.15, 0.2) is 0 Å². The van der Waals surface area contributed by atoms with E-state index >= 15 is 0 Å². The monoisotopic (exact) mass is 1350 g/mol. The van der Waals surface area contributed by atoms with E-state index in [9.17, 15) is 29.4 Å². The molecule has 10 rings (SSSR count). The van der Waals surface area contributed by atoms with Crippen LogP contribution in [0, 0.1) is 33.0 Å². The standard InChI is InChI=1S/C13H16ClNO.C11H14ClN.C10H11ClN2O2.C10H13ClN2.C6H3ClFNO2.C4H9N.C3H6O.2ClH.Sn/c14-12-6-5-11(4-3-9-16)13(10-12)15-7-1-2-8-15;1-9-4-5-10(12)8-11(9)13-6-2-3-7-13;11-8-3-4-9(13(14)15)10(7-8)12-5-1-2-6-12;11-8-3-4-9(12)10(7-8)13-5-1-2-6-13;7-4-1-2-6(9(10)11)5(8)3-4;1-2-4-5-3-1;1-2-3-4;;;/h5-6,9-10H,1-4,7-8H2;4-5,8H,2-3,6-7H2,1H3;3-4,7H,1-2,5-6H2;3-4,7H,1-2,5-6,12H2;1-3H;5H,1-4H2;2,4H,1,3H2;2*1H;/q;;;;;;;;;+2/p-2. The van der Waals surface area contributed by atoms with Gasteiger partial charge in [-0.15, -0.1) is 6.58 Å². The van der Waals surface area contributed by atoms with Gasteiger partial charge in [-0.3, -0.25) is 20.2 Å². The number of halogens is 8. The molecule has 80 heavy (non-hydrogen) atoms. The fourth-order valence-electron chi connectivity index (χ4n) is 8.96. The van der Waals surface area contributed by atoms with Gasteiger partial charge in [0, 0.05) is 107 Å². The number of benzene rings is 5. The number of rotatable bonds is 10. The number of hydrogen-bond acceptors (Lipinski definition) is 12. The molecule has 0 aromatic heterocycles. The van der Waals surface area contributed by atoms with Crippen LogP contribution in [0.3, 0.4) is 0 Å². The number of carbonyl (C=O) groups excluding carboxylic acids is 1. The van der Waals surface area contributed by atoms with Gasteiger partial charge in [-0.05, 0) is 168 Å². The molecule has 0 aliphatic carbocycles. The summed E-state index contributed by atoms with van der Waals surface area (Å²) in [5.74, 6) is -0.914. The summed E-state index contributed by atoms with van der Waals surface area (Å²) < 4.78 is 12.6. The third-order valence-electron chi connectivity index (χ3n) is 12.9. The SMILES string of the molecule is C1CCNC1.C=CCO.Cc1ccc(Cl)cc1N1CCCC1.Nc1ccc(Cl)cc1N1CCCC1.O=CCCc1ccc(Cl)cc1N1CCCC1.O=[N+]([O-])c1ccc(Cl)cc1F.O=[N+]([O-])c1ccc(Cl)cc1N1CCCC1.[Cl][Sn][Cl]. The summed E-state index contributed by atoms with van der Waals surface area (Å²) in [5.41, 5.74) is 13.1. The molecule has 0 atom stereocenters. The average molecular weight is 1350 g/mol. The topological polar surface area (TPSA) is 175 Å². The van der Waals surface area contributed by atoms with Gasteiger partial charge in [0.1, 0.15) is 12.0 Å². The van der Waals surface area contributed by atoms with Crippen molar-refractivity contribution in [1.29, 1.82) is 0 Å². The maximum atomic E-state index is 12.6. The van der Waals surface area contributed by atoms with Crippen LogP contribution < -0.4 is 30.7 Å². The zero-order chi connectivity index (χ0) is 58.8. The number of nitro groups is 2. The van der Waals surface area contributed by atoms with Crippen LogP contribution in [-0.4, -0.2) is 112 Å². The predicted octanol–water partition coefficient (Wildman–Crippen LogP) is 15.6. The van der Waals surface area contributed by atoms with E-state index in [2.05, 4.69) is 45.7 Å². The number of nitrogen functional groups attached to an aromatic ring is 1. The third-order valence-corrected chi connectivity index (χ3v) is 14.0. The molecule has 23 heteroatoms. The number of nitrogens with two attached hydrogens (primary N) is 1. The summed E-state index contributed by atoms with van der Waals surface area (Å²) >= 11 is 28.3. The fourth-order valence-corrected chi connectivity index (χ4v) is 9.79. The third kappa shape index (κ3) is 26.1. The van der Waals surface area contributed by atoms with E-state index in [1.165, 1.54) is 118 Å². The Balaban J connectivity index is 0.000000250. The van der Waals surface area contributed by atoms with E-state index in [1.807, 2.05) is 47.4 Å². The molecule has 5 aromatic rings. The summed E-state index contributed by atoms with van der Waals surface area (Å²) in [6, 6.07) is 25.6. The van der Waals surface area contributed by atoms with Crippen molar-refractivity contribution in [2.24, 2.45) is 0 Å². The number of aliphatic hydroxyl groups excluding tert-OH is 1. The summed E-state index contributed by atoms with van der Waals surface area (Å²) in [4.78, 5) is 39.3. The first kappa shape index (κ1) is 70.3. The quantitative estimate of drug-likeness (QED) is 0.0302. The second kappa shape index (κ2) is 40.3. The van der Waals surface area contributed by atoms with Gasteiger partial charge in [0.05, 0.1) is 27.8 Å². The number of carbonyl (C=O) groups is 1. The predicted molar refractivity (Wildman–Crippen MR) is 337 cm³/mol. The van der Waals surface area contributed by atoms with E-state index in [4.69, 9.17) is 86.7 Å². The Morgan fingerprint density at radius 1 is 0.600 bits per heavy atom. The van der Waals surface area contributed by atoms with Gasteiger partial charge < -0.3 is 40.6 Å². The molecular weight excluding hydrogens is 1280 g/mol. The number of hydrogen-bond donors (Lipinski definition) is 3. The van der Waals surface area contributed by atoms with Crippen molar-refractivity contribution in [3.05, 3.63) is 166 Å². The van der Waals surface area contributed by atoms with Gasteiger partial charge in [0.25, 0.3) is 5.69 Å². The van der Waals surface area contributed by atoms with Crippen molar-refractivity contribution in [3.63, 3.8) is 0 Å². The van der Waals surface area contributed by atoms with E-state index in [-0.39, 0.29) is 22.2 Å². The average Bonchev–Trinajstić information content (AvgIpc) is 4.32. The van der Waals surface area contributed by atoms with Crippen LogP contribution in [0.4, 0.5) is 44.2 Å². The number of nitro benzene ring substituents is 2. The molecule has 4 N–H and O–H groups in total. The van der Waals surface area contributed by atoms with Gasteiger partial charge in [-0.2, -0.15) is 4.39 Å². The Hall–Kier alpha value is -4.01. The Labute approximate surface area is 513 Å². The first-order valence-electron chi connectivity index (χ1n) is 26.4. The molecule has 0 spiro atoms. The van der Waals surface area contributed by atoms with Crippen molar-refractivity contribution in [2.45, 2.75) is 84.0 Å². The normalized spacial score (nSPS) is 14.8. The zero-order valence-corrected chi connectivity index (χ0v) is 53.2. The van der Waals surface area contributed by atoms with Gasteiger partial charge >= 0.3 is 42.4 Å². The molecule has 436 valence electrons. The van der Waals surface area contributed by atoms with Gasteiger partial charge in [-0.25, -0.2) is 0 Å². The van der Waals surface area contributed by atoms with Crippen molar-refractivity contribution in [2.75, 3.05) is 97.4 Å². The van der Waals surface area contributed by atoms with Crippen LogP contribution >= 0.6 is 75.8 Å². The van der Waals surface area contributed by atoms with Gasteiger partial charge in [0.2, 0.25) is 5.82 Å². The van der Waals surface area contributed by atoms with Crippen molar-refractivity contribution in [3.8, 4) is 0 Å². The molecule has 0 bridgehead atoms. The summed E-state index contributed by atoms with van der Waals surface area (Å²) in [6.07, 6.45) is 16.4. The van der Waals surface area contributed by atoms with E-state index < -0.39 is 35.3 Å². The Bertz CT molecular complexity index is 2590. The molecule has 0 unspecified atom stereocenters.